The van der Waals surface area contributed by atoms with Crippen molar-refractivity contribution < 1.29 is 4.74 Å². The highest BCUT2D eigenvalue weighted by atomic mass is 16.6. The van der Waals surface area contributed by atoms with Crippen molar-refractivity contribution in [3.63, 3.8) is 0 Å². The Balaban J connectivity index is 1.60. The van der Waals surface area contributed by atoms with Gasteiger partial charge in [-0.1, -0.05) is 25.1 Å². The average molecular weight is 282 g/mol. The Morgan fingerprint density at radius 3 is 3.05 bits per heavy atom. The second-order valence-corrected chi connectivity index (χ2v) is 6.99. The van der Waals surface area contributed by atoms with Crippen LogP contribution in [0.3, 0.4) is 0 Å². The van der Waals surface area contributed by atoms with Gasteiger partial charge >= 0.3 is 0 Å². The molecule has 0 aliphatic carbocycles. The molecule has 0 radical (unpaired) electrons. The molecule has 0 bridgehead atoms. The number of fused-ring (bicyclic) bond motifs is 5. The third kappa shape index (κ3) is 1.62. The molecule has 0 unspecified atom stereocenters. The largest absolute Gasteiger partial charge is 0.369 e. The van der Waals surface area contributed by atoms with E-state index >= 15 is 0 Å². The molecule has 3 heteroatoms. The van der Waals surface area contributed by atoms with Gasteiger partial charge in [-0.05, 0) is 24.5 Å². The molecule has 21 heavy (non-hydrogen) atoms. The molecule has 3 atom stereocenters. The van der Waals surface area contributed by atoms with E-state index in [4.69, 9.17) is 4.74 Å². The predicted molar refractivity (Wildman–Crippen MR) is 83.4 cm³/mol. The van der Waals surface area contributed by atoms with Crippen LogP contribution in [0, 0.1) is 5.92 Å². The van der Waals surface area contributed by atoms with Crippen LogP contribution in [0.5, 0.6) is 0 Å². The van der Waals surface area contributed by atoms with E-state index in [2.05, 4.69) is 41.1 Å². The van der Waals surface area contributed by atoms with E-state index in [0.717, 1.165) is 12.5 Å². The van der Waals surface area contributed by atoms with Crippen LogP contribution >= 0.6 is 0 Å². The van der Waals surface area contributed by atoms with Crippen molar-refractivity contribution in [3.05, 3.63) is 35.5 Å². The number of aromatic amines is 1. The van der Waals surface area contributed by atoms with Gasteiger partial charge in [-0.25, -0.2) is 0 Å². The molecule has 3 aliphatic heterocycles. The van der Waals surface area contributed by atoms with Gasteiger partial charge in [0.2, 0.25) is 0 Å². The van der Waals surface area contributed by atoms with E-state index in [1.165, 1.54) is 48.9 Å². The van der Waals surface area contributed by atoms with Gasteiger partial charge in [0, 0.05) is 42.0 Å². The zero-order chi connectivity index (χ0) is 14.0. The number of nitrogens with one attached hydrogen (secondary N) is 1. The number of benzene rings is 1. The Bertz CT molecular complexity index is 700. The molecule has 5 rings (SSSR count). The summed E-state index contributed by atoms with van der Waals surface area (Å²) in [5.74, 6) is 0.722. The van der Waals surface area contributed by atoms with Crippen LogP contribution in [0.1, 0.15) is 37.1 Å². The number of para-hydroxylation sites is 1. The summed E-state index contributed by atoms with van der Waals surface area (Å²) in [7, 11) is 0. The molecule has 2 saturated heterocycles. The van der Waals surface area contributed by atoms with Crippen LogP contribution < -0.4 is 0 Å². The first-order valence-electron chi connectivity index (χ1n) is 8.28. The van der Waals surface area contributed by atoms with Gasteiger partial charge in [0.15, 0.2) is 0 Å². The third-order valence-electron chi connectivity index (χ3n) is 6.02. The Labute approximate surface area is 125 Å². The molecule has 110 valence electrons. The first-order valence-corrected chi connectivity index (χ1v) is 8.28. The van der Waals surface area contributed by atoms with E-state index in [1.807, 2.05) is 0 Å². The van der Waals surface area contributed by atoms with Gasteiger partial charge in [0.05, 0.1) is 18.2 Å². The van der Waals surface area contributed by atoms with E-state index in [9.17, 15) is 0 Å². The number of piperidine rings is 1. The lowest BCUT2D eigenvalue weighted by atomic mass is 9.77. The molecule has 2 fully saturated rings. The second kappa shape index (κ2) is 4.11. The minimum absolute atomic E-state index is 0.196. The fourth-order valence-electron chi connectivity index (χ4n) is 4.71. The predicted octanol–water partition coefficient (Wildman–Crippen LogP) is 3.27. The van der Waals surface area contributed by atoms with Gasteiger partial charge in [-0.15, -0.1) is 0 Å². The van der Waals surface area contributed by atoms with Crippen molar-refractivity contribution in [2.24, 2.45) is 5.92 Å². The van der Waals surface area contributed by atoms with Gasteiger partial charge in [0.25, 0.3) is 0 Å². The van der Waals surface area contributed by atoms with E-state index in [-0.39, 0.29) is 5.60 Å². The highest BCUT2D eigenvalue weighted by molar-refractivity contribution is 5.85. The number of ether oxygens (including phenoxy) is 1. The van der Waals surface area contributed by atoms with Gasteiger partial charge in [-0.2, -0.15) is 0 Å². The monoisotopic (exact) mass is 282 g/mol. The Morgan fingerprint density at radius 1 is 1.38 bits per heavy atom. The smallest absolute Gasteiger partial charge is 0.0975 e. The maximum Gasteiger partial charge on any atom is 0.0975 e. The van der Waals surface area contributed by atoms with Crippen molar-refractivity contribution in [2.75, 3.05) is 19.7 Å². The maximum atomic E-state index is 5.94. The van der Waals surface area contributed by atoms with Crippen molar-refractivity contribution in [1.29, 1.82) is 0 Å². The molecule has 1 spiro atoms. The number of H-pyrrole nitrogens is 1. The summed E-state index contributed by atoms with van der Waals surface area (Å²) in [4.78, 5) is 6.41. The zero-order valence-electron chi connectivity index (χ0n) is 12.6. The number of rotatable bonds is 1. The molecular weight excluding hydrogens is 260 g/mol. The fourth-order valence-corrected chi connectivity index (χ4v) is 4.71. The first kappa shape index (κ1) is 12.2. The number of nitrogens with zero attached hydrogens (tertiary/aromatic N) is 1. The highest BCUT2D eigenvalue weighted by Gasteiger charge is 2.57. The minimum atomic E-state index is 0.196. The van der Waals surface area contributed by atoms with Crippen LogP contribution in [-0.2, 0) is 11.2 Å². The van der Waals surface area contributed by atoms with Crippen LogP contribution in [-0.4, -0.2) is 35.2 Å². The van der Waals surface area contributed by atoms with Crippen molar-refractivity contribution in [2.45, 2.75) is 37.8 Å². The van der Waals surface area contributed by atoms with Gasteiger partial charge in [0.1, 0.15) is 0 Å². The summed E-state index contributed by atoms with van der Waals surface area (Å²) < 4.78 is 5.94. The van der Waals surface area contributed by atoms with Crippen molar-refractivity contribution >= 4 is 10.9 Å². The fraction of sp³-hybridized carbons (Fsp3) is 0.556. The molecule has 1 aromatic heterocycles. The number of epoxide rings is 1. The molecule has 2 aromatic rings. The normalized spacial score (nSPS) is 34.9. The first-order chi connectivity index (χ1) is 10.3. The highest BCUT2D eigenvalue weighted by Crippen LogP contribution is 2.52. The maximum absolute atomic E-state index is 5.94. The summed E-state index contributed by atoms with van der Waals surface area (Å²) in [6.07, 6.45) is 3.59. The molecule has 4 heterocycles. The SMILES string of the molecule is CC[C@H]1CN2CCc3c([nH]c4ccccc34)[C@@H]2C[C@]12CO2. The Kier molecular flexibility index (Phi) is 2.40. The topological polar surface area (TPSA) is 31.6 Å². The van der Waals surface area contributed by atoms with Gasteiger partial charge in [-0.3, -0.25) is 4.90 Å². The average Bonchev–Trinajstić information content (AvgIpc) is 3.17. The van der Waals surface area contributed by atoms with E-state index < -0.39 is 0 Å². The summed E-state index contributed by atoms with van der Waals surface area (Å²) in [6, 6.07) is 9.29. The lowest BCUT2D eigenvalue weighted by Gasteiger charge is -2.45. The summed E-state index contributed by atoms with van der Waals surface area (Å²) in [6.45, 7) is 5.69. The second-order valence-electron chi connectivity index (χ2n) is 6.99. The van der Waals surface area contributed by atoms with Crippen LogP contribution in [0.2, 0.25) is 0 Å². The number of hydrogen-bond acceptors (Lipinski definition) is 2. The molecule has 3 aliphatic rings. The van der Waals surface area contributed by atoms with Crippen molar-refractivity contribution in [3.8, 4) is 0 Å². The minimum Gasteiger partial charge on any atom is -0.369 e. The molecular formula is C18H22N2O. The van der Waals surface area contributed by atoms with Gasteiger partial charge < -0.3 is 9.72 Å². The lowest BCUT2D eigenvalue weighted by Crippen LogP contribution is -2.49. The standard InChI is InChI=1S/C18H22N2O/c1-2-12-10-20-8-7-14-13-5-3-4-6-15(13)19-17(14)16(20)9-18(12)11-21-18/h3-6,12,16,19H,2,7-11H2,1H3/t12-,16-,18-/m0/s1. The molecule has 1 N–H and O–H groups in total. The number of aromatic nitrogens is 1. The zero-order valence-corrected chi connectivity index (χ0v) is 12.6. The van der Waals surface area contributed by atoms with Crippen LogP contribution in [0.25, 0.3) is 10.9 Å². The van der Waals surface area contributed by atoms with Crippen molar-refractivity contribution in [1.82, 2.24) is 9.88 Å². The van der Waals surface area contributed by atoms with E-state index in [0.29, 0.717) is 6.04 Å². The number of hydrogen-bond donors (Lipinski definition) is 1. The quantitative estimate of drug-likeness (QED) is 0.814. The molecule has 1 aromatic carbocycles. The molecule has 0 saturated carbocycles. The Morgan fingerprint density at radius 2 is 2.24 bits per heavy atom. The van der Waals surface area contributed by atoms with Crippen LogP contribution in [0.4, 0.5) is 0 Å². The Hall–Kier alpha value is -1.32. The summed E-state index contributed by atoms with van der Waals surface area (Å²) >= 11 is 0. The summed E-state index contributed by atoms with van der Waals surface area (Å²) in [5, 5.41) is 1.43. The summed E-state index contributed by atoms with van der Waals surface area (Å²) in [5.41, 5.74) is 4.51. The molecule has 0 amide bonds. The lowest BCUT2D eigenvalue weighted by molar-refractivity contribution is 0.0281. The third-order valence-corrected chi connectivity index (χ3v) is 6.02. The molecule has 3 nitrogen and oxygen atoms in total. The van der Waals surface area contributed by atoms with Crippen LogP contribution in [0.15, 0.2) is 24.3 Å². The van der Waals surface area contributed by atoms with E-state index in [1.54, 1.807) is 5.56 Å².